The minimum absolute atomic E-state index is 0.126. The number of rotatable bonds is 9. The van der Waals surface area contributed by atoms with Crippen LogP contribution in [-0.4, -0.2) is 43.8 Å². The number of aromatic nitrogens is 1. The summed E-state index contributed by atoms with van der Waals surface area (Å²) >= 11 is 0. The highest BCUT2D eigenvalue weighted by molar-refractivity contribution is 7.83. The number of halogens is 1. The second-order valence-corrected chi connectivity index (χ2v) is 12.1. The molecular formula is C31H30FN5O6S. The van der Waals surface area contributed by atoms with Crippen molar-refractivity contribution in [2.75, 3.05) is 5.32 Å². The van der Waals surface area contributed by atoms with Gasteiger partial charge in [-0.2, -0.15) is 0 Å². The summed E-state index contributed by atoms with van der Waals surface area (Å²) < 4.78 is 36.2. The number of hydroxylamine groups is 1. The van der Waals surface area contributed by atoms with Gasteiger partial charge in [0.2, 0.25) is 6.23 Å². The van der Waals surface area contributed by atoms with Gasteiger partial charge in [0.15, 0.2) is 5.84 Å². The number of fused-ring (bicyclic) bond motifs is 1. The van der Waals surface area contributed by atoms with Crippen LogP contribution in [0.3, 0.4) is 0 Å². The first-order chi connectivity index (χ1) is 21.0. The van der Waals surface area contributed by atoms with Gasteiger partial charge in [-0.15, -0.1) is 0 Å². The molecule has 228 valence electrons. The molecule has 0 aliphatic carbocycles. The van der Waals surface area contributed by atoms with Crippen LogP contribution in [0.15, 0.2) is 88.9 Å². The average Bonchev–Trinajstić information content (AvgIpc) is 3.46. The minimum Gasteiger partial charge on any atom is -0.480 e. The minimum atomic E-state index is -1.88. The van der Waals surface area contributed by atoms with E-state index in [4.69, 9.17) is 9.57 Å². The van der Waals surface area contributed by atoms with E-state index in [2.05, 4.69) is 25.5 Å². The smallest absolute Gasteiger partial charge is 0.412 e. The van der Waals surface area contributed by atoms with Crippen LogP contribution in [0.5, 0.6) is 0 Å². The molecule has 0 bridgehead atoms. The predicted octanol–water partition coefficient (Wildman–Crippen LogP) is 5.01. The first-order valence-electron chi connectivity index (χ1n) is 13.6. The van der Waals surface area contributed by atoms with Gasteiger partial charge in [-0.05, 0) is 69.2 Å². The summed E-state index contributed by atoms with van der Waals surface area (Å²) in [4.78, 5) is 38.6. The van der Waals surface area contributed by atoms with E-state index in [-0.39, 0.29) is 17.8 Å². The van der Waals surface area contributed by atoms with Crippen molar-refractivity contribution in [3.8, 4) is 0 Å². The fourth-order valence-corrected chi connectivity index (χ4v) is 5.53. The van der Waals surface area contributed by atoms with Gasteiger partial charge in [0.05, 0.1) is 16.0 Å². The number of amides is 1. The van der Waals surface area contributed by atoms with E-state index in [9.17, 15) is 18.9 Å². The Morgan fingerprint density at radius 3 is 2.57 bits per heavy atom. The lowest BCUT2D eigenvalue weighted by molar-refractivity contribution is -0.138. The number of carboxylic acid groups (broad SMARTS) is 1. The van der Waals surface area contributed by atoms with E-state index in [0.29, 0.717) is 27.2 Å². The van der Waals surface area contributed by atoms with E-state index >= 15 is 4.39 Å². The molecule has 13 heteroatoms. The van der Waals surface area contributed by atoms with Gasteiger partial charge in [0.25, 0.3) is 0 Å². The Bertz CT molecular complexity index is 1750. The lowest BCUT2D eigenvalue weighted by atomic mass is 10.0. The van der Waals surface area contributed by atoms with Crippen molar-refractivity contribution in [1.82, 2.24) is 15.2 Å². The highest BCUT2D eigenvalue weighted by Crippen LogP contribution is 2.26. The molecule has 0 spiro atoms. The zero-order valence-electron chi connectivity index (χ0n) is 24.0. The maximum Gasteiger partial charge on any atom is 0.412 e. The number of carbonyl (C=O) groups excluding carboxylic acids is 1. The molecule has 0 saturated carbocycles. The largest absolute Gasteiger partial charge is 0.480 e. The molecule has 1 amide bonds. The van der Waals surface area contributed by atoms with Gasteiger partial charge in [0, 0.05) is 22.8 Å². The first-order valence-corrected chi connectivity index (χ1v) is 14.7. The van der Waals surface area contributed by atoms with E-state index < -0.39 is 46.7 Å². The number of anilines is 1. The SMILES string of the molecule is CC(C)(C)OC(=O)Nc1ccc(C2N=C(c3ccc(CC(NS(=O)c4cccc5cccnc45)C(=O)O)cc3F)NO2)cc1. The predicted molar refractivity (Wildman–Crippen MR) is 163 cm³/mol. The van der Waals surface area contributed by atoms with E-state index in [1.807, 2.05) is 12.1 Å². The summed E-state index contributed by atoms with van der Waals surface area (Å²) in [6.07, 6.45) is 0.100. The van der Waals surface area contributed by atoms with Gasteiger partial charge < -0.3 is 9.84 Å². The van der Waals surface area contributed by atoms with Crippen LogP contribution in [0, 0.1) is 5.82 Å². The standard InChI is InChI=1S/C31H30FN5O6S/c1-31(2,3)42-30(40)34-21-12-10-20(11-13-21)28-35-27(36-43-28)22-14-9-18(16-23(22)32)17-24(29(38)39)37-44(41)25-8-4-6-19-7-5-15-33-26(19)25/h4-16,24,28,37H,17H2,1-3H3,(H,34,40)(H,35,36)(H,38,39). The van der Waals surface area contributed by atoms with Gasteiger partial charge in [0.1, 0.15) is 28.4 Å². The number of nitrogens with one attached hydrogen (secondary N) is 3. The number of pyridine rings is 1. The number of carboxylic acids is 1. The molecule has 3 aromatic carbocycles. The Labute approximate surface area is 255 Å². The molecule has 44 heavy (non-hydrogen) atoms. The normalized spacial score (nSPS) is 16.1. The molecule has 1 aromatic heterocycles. The maximum absolute atomic E-state index is 15.2. The van der Waals surface area contributed by atoms with Crippen LogP contribution in [0.4, 0.5) is 14.9 Å². The highest BCUT2D eigenvalue weighted by atomic mass is 32.2. The van der Waals surface area contributed by atoms with Crippen LogP contribution in [0.1, 0.15) is 43.7 Å². The fourth-order valence-electron chi connectivity index (χ4n) is 4.41. The molecule has 0 saturated heterocycles. The molecule has 0 radical (unpaired) electrons. The molecule has 3 unspecified atom stereocenters. The summed E-state index contributed by atoms with van der Waals surface area (Å²) in [6, 6.07) is 18.5. The van der Waals surface area contributed by atoms with Crippen LogP contribution < -0.4 is 15.5 Å². The molecule has 4 aromatic rings. The van der Waals surface area contributed by atoms with Crippen molar-refractivity contribution in [1.29, 1.82) is 0 Å². The topological polar surface area (TPSA) is 151 Å². The van der Waals surface area contributed by atoms with E-state index in [1.54, 1.807) is 75.5 Å². The van der Waals surface area contributed by atoms with Crippen LogP contribution >= 0.6 is 0 Å². The highest BCUT2D eigenvalue weighted by Gasteiger charge is 2.26. The summed E-state index contributed by atoms with van der Waals surface area (Å²) in [7, 11) is -1.88. The third-order valence-electron chi connectivity index (χ3n) is 6.43. The average molecular weight is 620 g/mol. The molecule has 0 fully saturated rings. The zero-order valence-corrected chi connectivity index (χ0v) is 24.9. The van der Waals surface area contributed by atoms with Crippen molar-refractivity contribution >= 4 is 45.5 Å². The Morgan fingerprint density at radius 2 is 1.86 bits per heavy atom. The third kappa shape index (κ3) is 7.43. The zero-order chi connectivity index (χ0) is 31.4. The number of ether oxygens (including phenoxy) is 1. The van der Waals surface area contributed by atoms with Crippen molar-refractivity contribution in [2.45, 2.75) is 50.0 Å². The van der Waals surface area contributed by atoms with Crippen molar-refractivity contribution in [3.63, 3.8) is 0 Å². The summed E-state index contributed by atoms with van der Waals surface area (Å²) in [5.74, 6) is -1.72. The molecule has 5 rings (SSSR count). The van der Waals surface area contributed by atoms with Crippen molar-refractivity contribution in [2.24, 2.45) is 4.99 Å². The monoisotopic (exact) mass is 619 g/mol. The number of amidine groups is 1. The number of hydrogen-bond acceptors (Lipinski definition) is 8. The van der Waals surface area contributed by atoms with Gasteiger partial charge in [-0.1, -0.05) is 36.4 Å². The number of carbonyl (C=O) groups is 2. The molecular weight excluding hydrogens is 589 g/mol. The Hall–Kier alpha value is -4.72. The molecule has 3 atom stereocenters. The van der Waals surface area contributed by atoms with Crippen molar-refractivity contribution in [3.05, 3.63) is 102 Å². The number of hydrogen-bond donors (Lipinski definition) is 4. The molecule has 2 heterocycles. The molecule has 1 aliphatic heterocycles. The molecule has 11 nitrogen and oxygen atoms in total. The third-order valence-corrected chi connectivity index (χ3v) is 7.65. The number of aliphatic imine (C=N–C) groups is 1. The van der Waals surface area contributed by atoms with Crippen molar-refractivity contribution < 1.29 is 32.9 Å². The van der Waals surface area contributed by atoms with Gasteiger partial charge in [-0.3, -0.25) is 15.1 Å². The number of nitrogens with zero attached hydrogens (tertiary/aromatic N) is 2. The lowest BCUT2D eigenvalue weighted by Gasteiger charge is -2.19. The number of aliphatic carboxylic acids is 1. The number of para-hydroxylation sites is 1. The van der Waals surface area contributed by atoms with Gasteiger partial charge >= 0.3 is 12.1 Å². The quantitative estimate of drug-likeness (QED) is 0.204. The summed E-state index contributed by atoms with van der Waals surface area (Å²) in [5, 5.41) is 13.2. The summed E-state index contributed by atoms with van der Waals surface area (Å²) in [5.41, 5.74) is 4.20. The molecule has 4 N–H and O–H groups in total. The number of benzene rings is 3. The van der Waals surface area contributed by atoms with E-state index in [1.165, 1.54) is 12.1 Å². The second kappa shape index (κ2) is 12.9. The second-order valence-electron chi connectivity index (χ2n) is 10.9. The fraction of sp³-hybridized carbons (Fsp3) is 0.226. The Morgan fingerprint density at radius 1 is 1.11 bits per heavy atom. The maximum atomic E-state index is 15.2. The van der Waals surface area contributed by atoms with Crippen LogP contribution in [0.25, 0.3) is 10.9 Å². The molecule has 1 aliphatic rings. The first kappa shape index (κ1) is 30.7. The Kier molecular flexibility index (Phi) is 8.99. The van der Waals surface area contributed by atoms with Crippen LogP contribution in [-0.2, 0) is 31.8 Å². The van der Waals surface area contributed by atoms with E-state index in [0.717, 1.165) is 5.39 Å². The lowest BCUT2D eigenvalue weighted by Crippen LogP contribution is -2.39. The Balaban J connectivity index is 1.25. The van der Waals surface area contributed by atoms with Crippen LogP contribution in [0.2, 0.25) is 0 Å². The van der Waals surface area contributed by atoms with Gasteiger partial charge in [-0.25, -0.2) is 33.4 Å². The summed E-state index contributed by atoms with van der Waals surface area (Å²) in [6.45, 7) is 5.31.